The summed E-state index contributed by atoms with van der Waals surface area (Å²) < 4.78 is 5.39. The number of hydrogen-bond donors (Lipinski definition) is 0. The van der Waals surface area contributed by atoms with E-state index in [1.807, 2.05) is 25.7 Å². The number of rotatable bonds is 2. The van der Waals surface area contributed by atoms with Crippen molar-refractivity contribution in [3.63, 3.8) is 0 Å². The van der Waals surface area contributed by atoms with Crippen LogP contribution in [0.3, 0.4) is 0 Å². The van der Waals surface area contributed by atoms with Crippen molar-refractivity contribution in [3.05, 3.63) is 0 Å². The van der Waals surface area contributed by atoms with Gasteiger partial charge in [0.1, 0.15) is 5.60 Å². The minimum absolute atomic E-state index is 0.198. The summed E-state index contributed by atoms with van der Waals surface area (Å²) in [7, 11) is 2.08. The number of ether oxygens (including phenoxy) is 1. The summed E-state index contributed by atoms with van der Waals surface area (Å²) in [6.07, 6.45) is -0.262. The Bertz CT molecular complexity index is 420. The number of amides is 2. The average Bonchev–Trinajstić information content (AvgIpc) is 2.46. The fourth-order valence-corrected chi connectivity index (χ4v) is 2.76. The van der Waals surface area contributed by atoms with Gasteiger partial charge in [0.05, 0.1) is 6.54 Å². The molecule has 0 radical (unpaired) electrons. The first-order chi connectivity index (χ1) is 10.7. The summed E-state index contributed by atoms with van der Waals surface area (Å²) in [5.74, 6) is 0.198. The van der Waals surface area contributed by atoms with Crippen molar-refractivity contribution in [1.29, 1.82) is 0 Å². The molecule has 23 heavy (non-hydrogen) atoms. The highest BCUT2D eigenvalue weighted by atomic mass is 16.6. The molecule has 2 aliphatic rings. The Balaban J connectivity index is 1.72. The first kappa shape index (κ1) is 18.0. The van der Waals surface area contributed by atoms with Gasteiger partial charge in [-0.15, -0.1) is 0 Å². The molecule has 2 aliphatic heterocycles. The number of likely N-dealkylation sites (N-methyl/N-ethyl adjacent to an activating group) is 1. The zero-order valence-corrected chi connectivity index (χ0v) is 14.9. The van der Waals surface area contributed by atoms with Crippen LogP contribution < -0.4 is 0 Å². The maximum absolute atomic E-state index is 12.3. The molecule has 2 rings (SSSR count). The lowest BCUT2D eigenvalue weighted by molar-refractivity contribution is -0.134. The third-order valence-corrected chi connectivity index (χ3v) is 4.24. The highest BCUT2D eigenvalue weighted by molar-refractivity contribution is 5.78. The van der Waals surface area contributed by atoms with Gasteiger partial charge in [0, 0.05) is 52.4 Å². The van der Waals surface area contributed by atoms with Crippen LogP contribution in [0.15, 0.2) is 0 Å². The van der Waals surface area contributed by atoms with E-state index in [-0.39, 0.29) is 12.0 Å². The first-order valence-corrected chi connectivity index (χ1v) is 8.41. The Hall–Kier alpha value is -1.34. The van der Waals surface area contributed by atoms with Gasteiger partial charge in [-0.25, -0.2) is 4.79 Å². The van der Waals surface area contributed by atoms with Crippen molar-refractivity contribution >= 4 is 12.0 Å². The number of piperazine rings is 2. The van der Waals surface area contributed by atoms with Gasteiger partial charge in [0.15, 0.2) is 0 Å². The Morgan fingerprint density at radius 2 is 1.39 bits per heavy atom. The number of nitrogens with zero attached hydrogens (tertiary/aromatic N) is 4. The van der Waals surface area contributed by atoms with Crippen molar-refractivity contribution in [2.45, 2.75) is 26.4 Å². The van der Waals surface area contributed by atoms with Gasteiger partial charge in [-0.05, 0) is 27.8 Å². The maximum Gasteiger partial charge on any atom is 0.410 e. The minimum atomic E-state index is -0.467. The predicted octanol–water partition coefficient (Wildman–Crippen LogP) is 0.313. The Labute approximate surface area is 139 Å². The fraction of sp³-hybridized carbons (Fsp3) is 0.875. The molecule has 0 aliphatic carbocycles. The summed E-state index contributed by atoms with van der Waals surface area (Å²) in [4.78, 5) is 32.4. The van der Waals surface area contributed by atoms with Gasteiger partial charge in [-0.3, -0.25) is 9.69 Å². The van der Waals surface area contributed by atoms with Gasteiger partial charge < -0.3 is 19.4 Å². The zero-order valence-electron chi connectivity index (χ0n) is 14.9. The van der Waals surface area contributed by atoms with Crippen molar-refractivity contribution in [3.8, 4) is 0 Å². The molecule has 0 N–H and O–H groups in total. The molecule has 132 valence electrons. The van der Waals surface area contributed by atoms with E-state index in [4.69, 9.17) is 4.74 Å². The quantitative estimate of drug-likeness (QED) is 0.731. The van der Waals surface area contributed by atoms with Crippen LogP contribution in [0.25, 0.3) is 0 Å². The van der Waals surface area contributed by atoms with Crippen LogP contribution in [0.5, 0.6) is 0 Å². The molecule has 0 aromatic heterocycles. The molecule has 7 nitrogen and oxygen atoms in total. The molecule has 0 atom stereocenters. The Kier molecular flexibility index (Phi) is 5.86. The van der Waals surface area contributed by atoms with Crippen molar-refractivity contribution in [2.75, 3.05) is 66.0 Å². The van der Waals surface area contributed by atoms with E-state index >= 15 is 0 Å². The molecular weight excluding hydrogens is 296 g/mol. The number of carbonyl (C=O) groups excluding carboxylic acids is 2. The van der Waals surface area contributed by atoms with Gasteiger partial charge in [0.25, 0.3) is 0 Å². The average molecular weight is 326 g/mol. The first-order valence-electron chi connectivity index (χ1n) is 8.41. The van der Waals surface area contributed by atoms with Gasteiger partial charge in [-0.1, -0.05) is 0 Å². The van der Waals surface area contributed by atoms with E-state index < -0.39 is 5.60 Å². The van der Waals surface area contributed by atoms with E-state index in [1.54, 1.807) is 4.90 Å². The van der Waals surface area contributed by atoms with Crippen molar-refractivity contribution < 1.29 is 14.3 Å². The lowest BCUT2D eigenvalue weighted by atomic mass is 10.2. The van der Waals surface area contributed by atoms with Gasteiger partial charge >= 0.3 is 6.09 Å². The number of carbonyl (C=O) groups is 2. The molecule has 0 saturated carbocycles. The molecule has 7 heteroatoms. The summed E-state index contributed by atoms with van der Waals surface area (Å²) in [6.45, 7) is 12.2. The second-order valence-electron chi connectivity index (χ2n) is 7.43. The Morgan fingerprint density at radius 1 is 0.870 bits per heavy atom. The maximum atomic E-state index is 12.3. The second kappa shape index (κ2) is 7.49. The lowest BCUT2D eigenvalue weighted by Crippen LogP contribution is -2.54. The standard InChI is InChI=1S/C16H30N4O3/c1-16(2,3)23-15(22)20-11-7-18(8-12-20)13-14(21)19-9-5-17(4)6-10-19/h5-13H2,1-4H3. The molecule has 2 heterocycles. The van der Waals surface area contributed by atoms with Gasteiger partial charge in [-0.2, -0.15) is 0 Å². The van der Waals surface area contributed by atoms with Crippen molar-refractivity contribution in [1.82, 2.24) is 19.6 Å². The summed E-state index contributed by atoms with van der Waals surface area (Å²) >= 11 is 0. The van der Waals surface area contributed by atoms with E-state index in [9.17, 15) is 9.59 Å². The largest absolute Gasteiger partial charge is 0.444 e. The van der Waals surface area contributed by atoms with E-state index in [1.165, 1.54) is 0 Å². The fourth-order valence-electron chi connectivity index (χ4n) is 2.76. The number of hydrogen-bond acceptors (Lipinski definition) is 5. The summed E-state index contributed by atoms with van der Waals surface area (Å²) in [6, 6.07) is 0. The topological polar surface area (TPSA) is 56.3 Å². The van der Waals surface area contributed by atoms with Crippen LogP contribution >= 0.6 is 0 Å². The van der Waals surface area contributed by atoms with Crippen LogP contribution in [0.2, 0.25) is 0 Å². The molecule has 2 amide bonds. The van der Waals surface area contributed by atoms with E-state index in [2.05, 4.69) is 16.8 Å². The molecule has 2 fully saturated rings. The Morgan fingerprint density at radius 3 is 1.91 bits per heavy atom. The third kappa shape index (κ3) is 5.66. The summed E-state index contributed by atoms with van der Waals surface area (Å²) in [5.41, 5.74) is -0.467. The predicted molar refractivity (Wildman–Crippen MR) is 88.3 cm³/mol. The van der Waals surface area contributed by atoms with Crippen LogP contribution in [-0.4, -0.2) is 103 Å². The smallest absolute Gasteiger partial charge is 0.410 e. The molecule has 0 spiro atoms. The zero-order chi connectivity index (χ0) is 17.0. The lowest BCUT2D eigenvalue weighted by Gasteiger charge is -2.37. The third-order valence-electron chi connectivity index (χ3n) is 4.24. The van der Waals surface area contributed by atoms with E-state index in [0.29, 0.717) is 19.6 Å². The van der Waals surface area contributed by atoms with Crippen LogP contribution in [0.1, 0.15) is 20.8 Å². The molecular formula is C16H30N4O3. The molecule has 0 aromatic rings. The highest BCUT2D eigenvalue weighted by Crippen LogP contribution is 2.12. The minimum Gasteiger partial charge on any atom is -0.444 e. The normalized spacial score (nSPS) is 21.4. The molecule has 0 aromatic carbocycles. The van der Waals surface area contributed by atoms with Crippen LogP contribution in [0.4, 0.5) is 4.79 Å². The molecule has 0 unspecified atom stereocenters. The monoisotopic (exact) mass is 326 g/mol. The second-order valence-corrected chi connectivity index (χ2v) is 7.43. The van der Waals surface area contributed by atoms with Crippen LogP contribution in [-0.2, 0) is 9.53 Å². The summed E-state index contributed by atoms with van der Waals surface area (Å²) in [5, 5.41) is 0. The molecule has 2 saturated heterocycles. The van der Waals surface area contributed by atoms with E-state index in [0.717, 1.165) is 39.3 Å². The SMILES string of the molecule is CN1CCN(C(=O)CN2CCN(C(=O)OC(C)(C)C)CC2)CC1. The van der Waals surface area contributed by atoms with Gasteiger partial charge in [0.2, 0.25) is 5.91 Å². The molecule has 0 bridgehead atoms. The van der Waals surface area contributed by atoms with Crippen molar-refractivity contribution in [2.24, 2.45) is 0 Å². The van der Waals surface area contributed by atoms with Crippen LogP contribution in [0, 0.1) is 0 Å². The highest BCUT2D eigenvalue weighted by Gasteiger charge is 2.27.